The molecule has 1 amide bonds. The third kappa shape index (κ3) is 5.97. The number of methoxy groups -OCH3 is 1. The van der Waals surface area contributed by atoms with Gasteiger partial charge in [0.15, 0.2) is 0 Å². The number of rotatable bonds is 8. The molecule has 0 radical (unpaired) electrons. The van der Waals surface area contributed by atoms with E-state index in [9.17, 15) is 17.8 Å². The molecule has 10 heteroatoms. The molecule has 0 N–H and O–H groups in total. The molecule has 1 aromatic heterocycles. The predicted octanol–water partition coefficient (Wildman–Crippen LogP) is 7.76. The lowest BCUT2D eigenvalue weighted by Gasteiger charge is -2.39. The zero-order chi connectivity index (χ0) is 30.1. The van der Waals surface area contributed by atoms with Gasteiger partial charge < -0.3 is 14.5 Å². The standard InChI is InChI=1S/C32H33ClF2N2O3S2/c1-36(2)21-10-12-22(13-11-21)37(32(38)31-29(33)28-24(34)14-15-25(35)30(28)41-31)18-20-17-19(9-16-26(20)40-3)23-7-5-6-8-27(23)42(4)39/h5-9,14-17,21-22H,10-13,18H2,1-4H3. The largest absolute Gasteiger partial charge is 0.496 e. The van der Waals surface area contributed by atoms with Crippen LogP contribution in [0.4, 0.5) is 8.78 Å². The van der Waals surface area contributed by atoms with Gasteiger partial charge in [-0.1, -0.05) is 35.9 Å². The fraction of sp³-hybridized carbons (Fsp3) is 0.344. The Labute approximate surface area is 256 Å². The highest BCUT2D eigenvalue weighted by Gasteiger charge is 2.33. The van der Waals surface area contributed by atoms with Gasteiger partial charge in [-0.3, -0.25) is 9.00 Å². The number of carbonyl (C=O) groups excluding carboxylic acids is 1. The molecule has 1 heterocycles. The summed E-state index contributed by atoms with van der Waals surface area (Å²) < 4.78 is 47.6. The molecular weight excluding hydrogens is 598 g/mol. The number of carbonyl (C=O) groups is 1. The Morgan fingerprint density at radius 2 is 1.69 bits per heavy atom. The van der Waals surface area contributed by atoms with Crippen LogP contribution in [0.1, 0.15) is 40.9 Å². The molecule has 5 rings (SSSR count). The topological polar surface area (TPSA) is 49.9 Å². The molecule has 1 aliphatic carbocycles. The highest BCUT2D eigenvalue weighted by atomic mass is 35.5. The van der Waals surface area contributed by atoms with Crippen molar-refractivity contribution >= 4 is 49.7 Å². The molecule has 3 aromatic carbocycles. The molecule has 1 atom stereocenters. The van der Waals surface area contributed by atoms with E-state index in [4.69, 9.17) is 16.3 Å². The quantitative estimate of drug-likeness (QED) is 0.200. The molecule has 0 bridgehead atoms. The minimum atomic E-state index is -1.20. The highest BCUT2D eigenvalue weighted by molar-refractivity contribution is 7.84. The fourth-order valence-electron chi connectivity index (χ4n) is 5.83. The normalized spacial score (nSPS) is 17.9. The Morgan fingerprint density at radius 3 is 2.33 bits per heavy atom. The lowest BCUT2D eigenvalue weighted by Crippen LogP contribution is -2.44. The summed E-state index contributed by atoms with van der Waals surface area (Å²) in [6.45, 7) is 0.208. The van der Waals surface area contributed by atoms with E-state index in [1.165, 1.54) is 0 Å². The second kappa shape index (κ2) is 12.8. The zero-order valence-electron chi connectivity index (χ0n) is 24.0. The molecule has 5 nitrogen and oxygen atoms in total. The summed E-state index contributed by atoms with van der Waals surface area (Å²) in [6, 6.07) is 15.6. The molecule has 1 saturated carbocycles. The van der Waals surface area contributed by atoms with E-state index >= 15 is 0 Å². The van der Waals surface area contributed by atoms with Gasteiger partial charge in [0, 0.05) is 35.3 Å². The highest BCUT2D eigenvalue weighted by Crippen LogP contribution is 2.41. The molecule has 1 aliphatic rings. The number of thiophene rings is 1. The summed E-state index contributed by atoms with van der Waals surface area (Å²) in [4.78, 5) is 19.1. The molecule has 1 unspecified atom stereocenters. The second-order valence-electron chi connectivity index (χ2n) is 10.8. The van der Waals surface area contributed by atoms with E-state index in [-0.39, 0.29) is 38.5 Å². The van der Waals surface area contributed by atoms with Crippen molar-refractivity contribution in [1.82, 2.24) is 9.80 Å². The molecular formula is C32H33ClF2N2O3S2. The first kappa shape index (κ1) is 30.6. The van der Waals surface area contributed by atoms with Gasteiger partial charge in [0.05, 0.1) is 33.0 Å². The van der Waals surface area contributed by atoms with E-state index < -0.39 is 22.4 Å². The second-order valence-corrected chi connectivity index (χ2v) is 13.6. The van der Waals surface area contributed by atoms with Crippen LogP contribution in [-0.2, 0) is 17.3 Å². The smallest absolute Gasteiger partial charge is 0.266 e. The van der Waals surface area contributed by atoms with E-state index in [0.717, 1.165) is 65.8 Å². The van der Waals surface area contributed by atoms with Crippen molar-refractivity contribution in [2.45, 2.75) is 49.2 Å². The molecule has 0 aliphatic heterocycles. The van der Waals surface area contributed by atoms with Crippen LogP contribution in [0.15, 0.2) is 59.5 Å². The van der Waals surface area contributed by atoms with Crippen molar-refractivity contribution in [2.24, 2.45) is 0 Å². The van der Waals surface area contributed by atoms with Crippen LogP contribution >= 0.6 is 22.9 Å². The number of benzene rings is 3. The molecule has 0 saturated heterocycles. The van der Waals surface area contributed by atoms with Gasteiger partial charge in [-0.05, 0) is 81.2 Å². The van der Waals surface area contributed by atoms with Crippen LogP contribution in [0, 0.1) is 11.6 Å². The van der Waals surface area contributed by atoms with Crippen LogP contribution in [-0.4, -0.2) is 59.5 Å². The minimum absolute atomic E-state index is 0.0309. The molecule has 1 fully saturated rings. The van der Waals surface area contributed by atoms with Crippen LogP contribution in [0.2, 0.25) is 5.02 Å². The number of ether oxygens (including phenoxy) is 1. The van der Waals surface area contributed by atoms with Gasteiger partial charge in [0.2, 0.25) is 0 Å². The van der Waals surface area contributed by atoms with Crippen molar-refractivity contribution in [3.63, 3.8) is 0 Å². The predicted molar refractivity (Wildman–Crippen MR) is 167 cm³/mol. The average Bonchev–Trinajstić information content (AvgIpc) is 3.35. The van der Waals surface area contributed by atoms with Gasteiger partial charge in [-0.2, -0.15) is 0 Å². The van der Waals surface area contributed by atoms with Gasteiger partial charge in [-0.25, -0.2) is 8.78 Å². The molecule has 4 aromatic rings. The Balaban J connectivity index is 1.58. The first-order chi connectivity index (χ1) is 20.1. The van der Waals surface area contributed by atoms with E-state index in [0.29, 0.717) is 16.7 Å². The lowest BCUT2D eigenvalue weighted by atomic mass is 9.89. The van der Waals surface area contributed by atoms with E-state index in [1.807, 2.05) is 42.5 Å². The zero-order valence-corrected chi connectivity index (χ0v) is 26.3. The summed E-state index contributed by atoms with van der Waals surface area (Å²) in [5.41, 5.74) is 2.46. The van der Waals surface area contributed by atoms with Gasteiger partial charge >= 0.3 is 0 Å². The maximum atomic E-state index is 14.7. The van der Waals surface area contributed by atoms with Crippen molar-refractivity contribution in [3.8, 4) is 16.9 Å². The van der Waals surface area contributed by atoms with Crippen LogP contribution < -0.4 is 4.74 Å². The Hall–Kier alpha value is -2.85. The Bertz CT molecular complexity index is 1650. The summed E-state index contributed by atoms with van der Waals surface area (Å²) in [5.74, 6) is -1.04. The van der Waals surface area contributed by atoms with Gasteiger partial charge in [0.1, 0.15) is 22.3 Å². The first-order valence-corrected chi connectivity index (χ1v) is 16.5. The average molecular weight is 631 g/mol. The number of fused-ring (bicyclic) bond motifs is 1. The SMILES string of the molecule is COc1ccc(-c2ccccc2S(C)=O)cc1CN(C(=O)c1sc2c(F)ccc(F)c2c1Cl)C1CCC(N(C)C)CC1. The maximum absolute atomic E-state index is 14.7. The lowest BCUT2D eigenvalue weighted by molar-refractivity contribution is 0.0573. The Kier molecular flexibility index (Phi) is 9.32. The van der Waals surface area contributed by atoms with E-state index in [2.05, 4.69) is 19.0 Å². The van der Waals surface area contributed by atoms with Crippen molar-refractivity contribution in [1.29, 1.82) is 0 Å². The van der Waals surface area contributed by atoms with Crippen LogP contribution in [0.5, 0.6) is 5.75 Å². The maximum Gasteiger partial charge on any atom is 0.266 e. The monoisotopic (exact) mass is 630 g/mol. The van der Waals surface area contributed by atoms with Crippen molar-refractivity contribution in [2.75, 3.05) is 27.5 Å². The van der Waals surface area contributed by atoms with Crippen molar-refractivity contribution in [3.05, 3.63) is 81.7 Å². The number of nitrogens with zero attached hydrogens (tertiary/aromatic N) is 2. The number of hydrogen-bond donors (Lipinski definition) is 0. The summed E-state index contributed by atoms with van der Waals surface area (Å²) in [7, 11) is 4.50. The van der Waals surface area contributed by atoms with Crippen LogP contribution in [0.3, 0.4) is 0 Å². The fourth-order valence-corrected chi connectivity index (χ4v) is 8.10. The molecule has 0 spiro atoms. The van der Waals surface area contributed by atoms with E-state index in [1.54, 1.807) is 18.3 Å². The third-order valence-corrected chi connectivity index (χ3v) is 10.8. The summed E-state index contributed by atoms with van der Waals surface area (Å²) >= 11 is 7.47. The number of amides is 1. The van der Waals surface area contributed by atoms with Crippen LogP contribution in [0.25, 0.3) is 21.2 Å². The number of hydrogen-bond acceptors (Lipinski definition) is 5. The summed E-state index contributed by atoms with van der Waals surface area (Å²) in [6.07, 6.45) is 5.03. The van der Waals surface area contributed by atoms with Gasteiger partial charge in [-0.15, -0.1) is 11.3 Å². The number of halogens is 3. The minimum Gasteiger partial charge on any atom is -0.496 e. The Morgan fingerprint density at radius 1 is 1.02 bits per heavy atom. The third-order valence-electron chi connectivity index (χ3n) is 8.10. The van der Waals surface area contributed by atoms with Crippen molar-refractivity contribution < 1.29 is 22.5 Å². The molecule has 42 heavy (non-hydrogen) atoms. The summed E-state index contributed by atoms with van der Waals surface area (Å²) in [5, 5.41) is -0.130. The molecule has 222 valence electrons. The first-order valence-electron chi connectivity index (χ1n) is 13.7. The van der Waals surface area contributed by atoms with Gasteiger partial charge in [0.25, 0.3) is 5.91 Å².